The molecule has 1 fully saturated rings. The third-order valence-corrected chi connectivity index (χ3v) is 3.41. The fourth-order valence-corrected chi connectivity index (χ4v) is 2.08. The van der Waals surface area contributed by atoms with Crippen LogP contribution in [0.5, 0.6) is 0 Å². The van der Waals surface area contributed by atoms with E-state index >= 15 is 0 Å². The van der Waals surface area contributed by atoms with Crippen molar-refractivity contribution in [1.29, 1.82) is 0 Å². The summed E-state index contributed by atoms with van der Waals surface area (Å²) in [6, 6.07) is 11.3. The Bertz CT molecular complexity index is 360. The van der Waals surface area contributed by atoms with Crippen molar-refractivity contribution < 1.29 is 0 Å². The second-order valence-corrected chi connectivity index (χ2v) is 5.18. The highest BCUT2D eigenvalue weighted by Gasteiger charge is 2.21. The second kappa shape index (κ2) is 6.01. The number of benzene rings is 1. The van der Waals surface area contributed by atoms with Crippen molar-refractivity contribution in [2.45, 2.75) is 38.1 Å². The Balaban J connectivity index is 1.65. The van der Waals surface area contributed by atoms with Crippen LogP contribution >= 0.6 is 12.2 Å². The Hall–Kier alpha value is -1.09. The van der Waals surface area contributed by atoms with E-state index in [1.165, 1.54) is 18.4 Å². The lowest BCUT2D eigenvalue weighted by molar-refractivity contribution is 0.656. The number of rotatable bonds is 5. The van der Waals surface area contributed by atoms with Gasteiger partial charge in [-0.15, -0.1) is 0 Å². The average Bonchev–Trinajstić information content (AvgIpc) is 3.14. The Morgan fingerprint density at radius 3 is 2.71 bits per heavy atom. The molecule has 0 amide bonds. The molecule has 3 heteroatoms. The van der Waals surface area contributed by atoms with Crippen molar-refractivity contribution in [1.82, 2.24) is 10.6 Å². The van der Waals surface area contributed by atoms with Crippen LogP contribution in [-0.4, -0.2) is 17.7 Å². The Morgan fingerprint density at radius 1 is 1.35 bits per heavy atom. The topological polar surface area (TPSA) is 24.1 Å². The van der Waals surface area contributed by atoms with Crippen LogP contribution in [0.25, 0.3) is 0 Å². The van der Waals surface area contributed by atoms with Gasteiger partial charge in [0.25, 0.3) is 0 Å². The van der Waals surface area contributed by atoms with Crippen molar-refractivity contribution in [2.24, 2.45) is 0 Å². The predicted molar refractivity (Wildman–Crippen MR) is 76.2 cm³/mol. The summed E-state index contributed by atoms with van der Waals surface area (Å²) >= 11 is 5.22. The molecule has 2 N–H and O–H groups in total. The van der Waals surface area contributed by atoms with Crippen LogP contribution < -0.4 is 10.6 Å². The van der Waals surface area contributed by atoms with Gasteiger partial charge >= 0.3 is 0 Å². The molecule has 92 valence electrons. The first kappa shape index (κ1) is 12.4. The molecule has 2 nitrogen and oxygen atoms in total. The fourth-order valence-electron chi connectivity index (χ4n) is 1.81. The Kier molecular flexibility index (Phi) is 4.37. The zero-order valence-electron chi connectivity index (χ0n) is 10.3. The predicted octanol–water partition coefficient (Wildman–Crippen LogP) is 2.81. The summed E-state index contributed by atoms with van der Waals surface area (Å²) in [6.07, 6.45) is 3.64. The summed E-state index contributed by atoms with van der Waals surface area (Å²) in [7, 11) is 0. The van der Waals surface area contributed by atoms with Crippen molar-refractivity contribution in [3.05, 3.63) is 35.9 Å². The van der Waals surface area contributed by atoms with E-state index in [0.717, 1.165) is 18.1 Å². The van der Waals surface area contributed by atoms with E-state index in [9.17, 15) is 0 Å². The normalized spacial score (nSPS) is 16.3. The van der Waals surface area contributed by atoms with Gasteiger partial charge in [0.2, 0.25) is 0 Å². The van der Waals surface area contributed by atoms with Crippen LogP contribution in [0.1, 0.15) is 37.7 Å². The first-order chi connectivity index (χ1) is 8.25. The molecule has 1 aromatic carbocycles. The summed E-state index contributed by atoms with van der Waals surface area (Å²) in [6.45, 7) is 3.20. The van der Waals surface area contributed by atoms with Crippen molar-refractivity contribution >= 4 is 17.3 Å². The summed E-state index contributed by atoms with van der Waals surface area (Å²) in [5, 5.41) is 7.38. The summed E-state index contributed by atoms with van der Waals surface area (Å²) in [5.41, 5.74) is 1.40. The largest absolute Gasteiger partial charge is 0.363 e. The molecule has 0 radical (unpaired) electrons. The minimum atomic E-state index is 0.576. The van der Waals surface area contributed by atoms with E-state index in [4.69, 9.17) is 12.2 Å². The molecule has 1 aliphatic carbocycles. The molecule has 17 heavy (non-hydrogen) atoms. The third kappa shape index (κ3) is 4.35. The SMILES string of the molecule is CC(CCNC(=S)NC1CC1)c1ccccc1. The van der Waals surface area contributed by atoms with Crippen molar-refractivity contribution in [3.8, 4) is 0 Å². The van der Waals surface area contributed by atoms with Gasteiger partial charge < -0.3 is 10.6 Å². The van der Waals surface area contributed by atoms with E-state index in [0.29, 0.717) is 12.0 Å². The van der Waals surface area contributed by atoms with E-state index in [-0.39, 0.29) is 0 Å². The van der Waals surface area contributed by atoms with Crippen molar-refractivity contribution in [3.63, 3.8) is 0 Å². The van der Waals surface area contributed by atoms with Gasteiger partial charge in [-0.05, 0) is 43.0 Å². The molecular weight excluding hydrogens is 228 g/mol. The molecule has 0 aromatic heterocycles. The Labute approximate surface area is 109 Å². The highest BCUT2D eigenvalue weighted by molar-refractivity contribution is 7.80. The highest BCUT2D eigenvalue weighted by Crippen LogP contribution is 2.19. The molecule has 0 spiro atoms. The van der Waals surface area contributed by atoms with Gasteiger partial charge in [0.15, 0.2) is 5.11 Å². The van der Waals surface area contributed by atoms with Crippen LogP contribution in [0.4, 0.5) is 0 Å². The molecule has 0 heterocycles. The van der Waals surface area contributed by atoms with Gasteiger partial charge in [0.1, 0.15) is 0 Å². The van der Waals surface area contributed by atoms with Gasteiger partial charge in [-0.1, -0.05) is 37.3 Å². The molecular formula is C14H20N2S. The molecule has 1 aromatic rings. The maximum absolute atomic E-state index is 5.22. The molecule has 0 bridgehead atoms. The van der Waals surface area contributed by atoms with Crippen LogP contribution in [0, 0.1) is 0 Å². The maximum Gasteiger partial charge on any atom is 0.166 e. The first-order valence-electron chi connectivity index (χ1n) is 6.35. The molecule has 1 saturated carbocycles. The number of nitrogens with one attached hydrogen (secondary N) is 2. The summed E-state index contributed by atoms with van der Waals surface area (Å²) in [4.78, 5) is 0. The monoisotopic (exact) mass is 248 g/mol. The zero-order chi connectivity index (χ0) is 12.1. The molecule has 0 aliphatic heterocycles. The lowest BCUT2D eigenvalue weighted by Crippen LogP contribution is -2.37. The van der Waals surface area contributed by atoms with Crippen LogP contribution in [0.3, 0.4) is 0 Å². The summed E-state index contributed by atoms with van der Waals surface area (Å²) in [5.74, 6) is 0.576. The van der Waals surface area contributed by atoms with Gasteiger partial charge in [-0.25, -0.2) is 0 Å². The summed E-state index contributed by atoms with van der Waals surface area (Å²) < 4.78 is 0. The minimum Gasteiger partial charge on any atom is -0.363 e. The van der Waals surface area contributed by atoms with Crippen molar-refractivity contribution in [2.75, 3.05) is 6.54 Å². The van der Waals surface area contributed by atoms with Gasteiger partial charge in [-0.3, -0.25) is 0 Å². The Morgan fingerprint density at radius 2 is 2.06 bits per heavy atom. The number of hydrogen-bond donors (Lipinski definition) is 2. The lowest BCUT2D eigenvalue weighted by Gasteiger charge is -2.14. The molecule has 2 rings (SSSR count). The minimum absolute atomic E-state index is 0.576. The quantitative estimate of drug-likeness (QED) is 0.784. The van der Waals surface area contributed by atoms with Crippen LogP contribution in [0.2, 0.25) is 0 Å². The van der Waals surface area contributed by atoms with E-state index in [1.54, 1.807) is 0 Å². The van der Waals surface area contributed by atoms with Crippen LogP contribution in [-0.2, 0) is 0 Å². The van der Waals surface area contributed by atoms with Gasteiger partial charge in [-0.2, -0.15) is 0 Å². The number of hydrogen-bond acceptors (Lipinski definition) is 1. The molecule has 1 aliphatic rings. The molecule has 0 saturated heterocycles. The fraction of sp³-hybridized carbons (Fsp3) is 0.500. The smallest absolute Gasteiger partial charge is 0.166 e. The maximum atomic E-state index is 5.22. The lowest BCUT2D eigenvalue weighted by atomic mass is 9.98. The number of thiocarbonyl (C=S) groups is 1. The van der Waals surface area contributed by atoms with Gasteiger partial charge in [0.05, 0.1) is 0 Å². The standard InChI is InChI=1S/C14H20N2S/c1-11(12-5-3-2-4-6-12)9-10-15-14(17)16-13-7-8-13/h2-6,11,13H,7-10H2,1H3,(H2,15,16,17). The van der Waals surface area contributed by atoms with E-state index in [2.05, 4.69) is 47.9 Å². The molecule has 1 atom stereocenters. The van der Waals surface area contributed by atoms with Crippen LogP contribution in [0.15, 0.2) is 30.3 Å². The average molecular weight is 248 g/mol. The van der Waals surface area contributed by atoms with E-state index in [1.807, 2.05) is 0 Å². The third-order valence-electron chi connectivity index (χ3n) is 3.14. The first-order valence-corrected chi connectivity index (χ1v) is 6.76. The van der Waals surface area contributed by atoms with Gasteiger partial charge in [0, 0.05) is 12.6 Å². The molecule has 1 unspecified atom stereocenters. The van der Waals surface area contributed by atoms with E-state index < -0.39 is 0 Å². The zero-order valence-corrected chi connectivity index (χ0v) is 11.1. The second-order valence-electron chi connectivity index (χ2n) is 4.77. The highest BCUT2D eigenvalue weighted by atomic mass is 32.1.